The summed E-state index contributed by atoms with van der Waals surface area (Å²) in [5.41, 5.74) is 2.71. The monoisotopic (exact) mass is 388 g/mol. The number of methoxy groups -OCH3 is 1. The van der Waals surface area contributed by atoms with E-state index in [0.717, 1.165) is 44.9 Å². The highest BCUT2D eigenvalue weighted by atomic mass is 16.5. The fourth-order valence-electron chi connectivity index (χ4n) is 4.00. The molecule has 0 saturated carbocycles. The van der Waals surface area contributed by atoms with Crippen LogP contribution < -0.4 is 9.47 Å². The summed E-state index contributed by atoms with van der Waals surface area (Å²) in [5.74, 6) is 1.44. The maximum atomic E-state index is 10.4. The van der Waals surface area contributed by atoms with Crippen LogP contribution in [-0.2, 0) is 6.54 Å². The van der Waals surface area contributed by atoms with Crippen molar-refractivity contribution in [2.24, 2.45) is 0 Å². The lowest BCUT2D eigenvalue weighted by Crippen LogP contribution is -2.36. The van der Waals surface area contributed by atoms with Gasteiger partial charge in [0.25, 0.3) is 0 Å². The molecule has 0 aliphatic carbocycles. The molecule has 28 heavy (non-hydrogen) atoms. The number of hydrogen-bond acceptors (Lipinski definition) is 5. The molecule has 0 radical (unpaired) electrons. The third-order valence-corrected chi connectivity index (χ3v) is 5.75. The lowest BCUT2D eigenvalue weighted by molar-refractivity contribution is 0.0683. The second-order valence-corrected chi connectivity index (χ2v) is 8.20. The number of aliphatic hydroxyl groups is 1. The van der Waals surface area contributed by atoms with Crippen LogP contribution in [0.25, 0.3) is 0 Å². The highest BCUT2D eigenvalue weighted by Gasteiger charge is 2.16. The maximum absolute atomic E-state index is 10.4. The van der Waals surface area contributed by atoms with Crippen LogP contribution in [-0.4, -0.2) is 67.5 Å². The Morgan fingerprint density at radius 2 is 1.82 bits per heavy atom. The molecule has 0 amide bonds. The molecule has 156 valence electrons. The van der Waals surface area contributed by atoms with E-state index in [4.69, 9.17) is 9.47 Å². The molecule has 5 heteroatoms. The predicted molar refractivity (Wildman–Crippen MR) is 113 cm³/mol. The first kappa shape index (κ1) is 21.2. The zero-order valence-electron chi connectivity index (χ0n) is 17.5. The quantitative estimate of drug-likeness (QED) is 0.691. The molecule has 1 saturated heterocycles. The van der Waals surface area contributed by atoms with E-state index in [0.29, 0.717) is 18.9 Å². The van der Waals surface area contributed by atoms with Crippen LogP contribution in [0, 0.1) is 0 Å². The molecule has 5 nitrogen and oxygen atoms in total. The van der Waals surface area contributed by atoms with Gasteiger partial charge in [-0.15, -0.1) is 0 Å². The van der Waals surface area contributed by atoms with Gasteiger partial charge in [-0.2, -0.15) is 0 Å². The number of aliphatic hydroxyl groups excluding tert-OH is 1. The molecule has 1 fully saturated rings. The minimum atomic E-state index is -0.481. The maximum Gasteiger partial charge on any atom is 0.161 e. The van der Waals surface area contributed by atoms with Crippen LogP contribution in [0.2, 0.25) is 0 Å². The van der Waals surface area contributed by atoms with Crippen LogP contribution in [0.3, 0.4) is 0 Å². The van der Waals surface area contributed by atoms with Crippen LogP contribution >= 0.6 is 0 Å². The summed E-state index contributed by atoms with van der Waals surface area (Å²) < 4.78 is 11.4. The molecule has 1 N–H and O–H groups in total. The minimum absolute atomic E-state index is 0.294. The van der Waals surface area contributed by atoms with Crippen molar-refractivity contribution in [3.63, 3.8) is 0 Å². The van der Waals surface area contributed by atoms with Gasteiger partial charge in [0, 0.05) is 26.2 Å². The Kier molecular flexibility index (Phi) is 8.19. The molecule has 1 atom stereocenters. The first-order valence-corrected chi connectivity index (χ1v) is 10.7. The van der Waals surface area contributed by atoms with Gasteiger partial charge in [-0.25, -0.2) is 0 Å². The molecule has 0 bridgehead atoms. The summed E-state index contributed by atoms with van der Waals surface area (Å²) >= 11 is 0. The number of rotatable bonds is 8. The van der Waals surface area contributed by atoms with E-state index in [-0.39, 0.29) is 0 Å². The third-order valence-electron chi connectivity index (χ3n) is 5.75. The molecule has 0 aromatic heterocycles. The molecule has 1 aromatic rings. The van der Waals surface area contributed by atoms with Gasteiger partial charge < -0.3 is 19.5 Å². The zero-order valence-corrected chi connectivity index (χ0v) is 17.5. The number of nitrogens with zero attached hydrogens (tertiary/aromatic N) is 2. The number of β-amino-alcohol motifs (C(OH)–C–C–N with tert-alkyl or cyclic N) is 1. The number of hydrogen-bond donors (Lipinski definition) is 1. The van der Waals surface area contributed by atoms with Crippen molar-refractivity contribution in [3.05, 3.63) is 35.4 Å². The van der Waals surface area contributed by atoms with Crippen LogP contribution in [0.5, 0.6) is 11.5 Å². The summed E-state index contributed by atoms with van der Waals surface area (Å²) in [5, 5.41) is 10.4. The van der Waals surface area contributed by atoms with Crippen molar-refractivity contribution in [1.82, 2.24) is 9.80 Å². The van der Waals surface area contributed by atoms with Crippen LogP contribution in [0.4, 0.5) is 0 Å². The Labute approximate surface area is 169 Å². The smallest absolute Gasteiger partial charge is 0.161 e. The fourth-order valence-corrected chi connectivity index (χ4v) is 4.00. The van der Waals surface area contributed by atoms with E-state index in [1.54, 1.807) is 7.11 Å². The minimum Gasteiger partial charge on any atom is -0.493 e. The molecule has 2 aliphatic heterocycles. The van der Waals surface area contributed by atoms with Gasteiger partial charge in [0.15, 0.2) is 11.5 Å². The summed E-state index contributed by atoms with van der Waals surface area (Å²) in [6.07, 6.45) is 8.05. The van der Waals surface area contributed by atoms with Crippen molar-refractivity contribution < 1.29 is 14.6 Å². The zero-order chi connectivity index (χ0) is 19.8. The van der Waals surface area contributed by atoms with Crippen LogP contribution in [0.15, 0.2) is 29.8 Å². The largest absolute Gasteiger partial charge is 0.493 e. The van der Waals surface area contributed by atoms with Crippen LogP contribution in [0.1, 0.15) is 44.6 Å². The summed E-state index contributed by atoms with van der Waals surface area (Å²) in [7, 11) is 1.67. The van der Waals surface area contributed by atoms with Gasteiger partial charge in [-0.1, -0.05) is 30.6 Å². The van der Waals surface area contributed by atoms with Gasteiger partial charge in [-0.3, -0.25) is 4.90 Å². The summed E-state index contributed by atoms with van der Waals surface area (Å²) in [4.78, 5) is 4.80. The average molecular weight is 389 g/mol. The standard InChI is InChI=1S/C23H36N2O3/c1-19-9-13-25(14-10-19)16-20-7-8-22(23(15-20)27-2)28-18-21(26)17-24-11-5-3-4-6-12-24/h7-9,15,21,26H,3-6,10-14,16-18H2,1-2H3/t21-/m0/s1. The van der Waals surface area contributed by atoms with E-state index in [1.165, 1.54) is 36.8 Å². The molecule has 0 unspecified atom stereocenters. The van der Waals surface area contributed by atoms with E-state index in [9.17, 15) is 5.11 Å². The second-order valence-electron chi connectivity index (χ2n) is 8.20. The molecule has 2 heterocycles. The van der Waals surface area contributed by atoms with Crippen molar-refractivity contribution in [2.45, 2.75) is 51.7 Å². The predicted octanol–water partition coefficient (Wildman–Crippen LogP) is 3.46. The average Bonchev–Trinajstić information content (AvgIpc) is 2.97. The molecule has 0 spiro atoms. The molecule has 2 aliphatic rings. The highest BCUT2D eigenvalue weighted by Crippen LogP contribution is 2.29. The van der Waals surface area contributed by atoms with Gasteiger partial charge >= 0.3 is 0 Å². The van der Waals surface area contributed by atoms with Crippen molar-refractivity contribution >= 4 is 0 Å². The number of likely N-dealkylation sites (tertiary alicyclic amines) is 1. The Bertz CT molecular complexity index is 639. The van der Waals surface area contributed by atoms with Crippen molar-refractivity contribution in [3.8, 4) is 11.5 Å². The Hall–Kier alpha value is -1.56. The highest BCUT2D eigenvalue weighted by molar-refractivity contribution is 5.43. The van der Waals surface area contributed by atoms with Gasteiger partial charge in [-0.05, 0) is 57.0 Å². The van der Waals surface area contributed by atoms with E-state index in [1.807, 2.05) is 6.07 Å². The van der Waals surface area contributed by atoms with Crippen molar-refractivity contribution in [2.75, 3.05) is 46.4 Å². The Balaban J connectivity index is 1.50. The molecule has 3 rings (SSSR count). The first-order chi connectivity index (χ1) is 13.6. The fraction of sp³-hybridized carbons (Fsp3) is 0.652. The first-order valence-electron chi connectivity index (χ1n) is 10.7. The molecular formula is C23H36N2O3. The van der Waals surface area contributed by atoms with Crippen molar-refractivity contribution in [1.29, 1.82) is 0 Å². The molecule has 1 aromatic carbocycles. The van der Waals surface area contributed by atoms with Gasteiger partial charge in [0.05, 0.1) is 7.11 Å². The lowest BCUT2D eigenvalue weighted by Gasteiger charge is -2.25. The lowest BCUT2D eigenvalue weighted by atomic mass is 10.1. The number of ether oxygens (including phenoxy) is 2. The topological polar surface area (TPSA) is 45.2 Å². The normalized spacial score (nSPS) is 20.3. The Morgan fingerprint density at radius 3 is 2.50 bits per heavy atom. The third kappa shape index (κ3) is 6.50. The van der Waals surface area contributed by atoms with Gasteiger partial charge in [0.1, 0.15) is 12.7 Å². The summed E-state index contributed by atoms with van der Waals surface area (Å²) in [6.45, 7) is 8.37. The van der Waals surface area contributed by atoms with E-state index in [2.05, 4.69) is 34.9 Å². The Morgan fingerprint density at radius 1 is 1.04 bits per heavy atom. The molecular weight excluding hydrogens is 352 g/mol. The van der Waals surface area contributed by atoms with E-state index < -0.39 is 6.10 Å². The second kappa shape index (κ2) is 10.8. The SMILES string of the molecule is COc1cc(CN2CC=C(C)CC2)ccc1OC[C@@H](O)CN1CCCCCC1. The van der Waals surface area contributed by atoms with Gasteiger partial charge in [0.2, 0.25) is 0 Å². The summed E-state index contributed by atoms with van der Waals surface area (Å²) in [6, 6.07) is 6.13. The number of benzene rings is 1. The van der Waals surface area contributed by atoms with E-state index >= 15 is 0 Å².